The average Bonchev–Trinajstić information content (AvgIpc) is 3.32. The zero-order valence-corrected chi connectivity index (χ0v) is 18.9. The molecule has 7 heteroatoms. The number of nitrogens with one attached hydrogen (secondary N) is 1. The van der Waals surface area contributed by atoms with E-state index in [0.29, 0.717) is 25.3 Å². The molecule has 29 heavy (non-hydrogen) atoms. The topological polar surface area (TPSA) is 80.3 Å². The fourth-order valence-corrected chi connectivity index (χ4v) is 5.35. The number of hydrogen-bond acceptors (Lipinski definition) is 6. The fourth-order valence-electron chi connectivity index (χ4n) is 5.02. The summed E-state index contributed by atoms with van der Waals surface area (Å²) in [4.78, 5) is 12.9. The lowest BCUT2D eigenvalue weighted by Crippen LogP contribution is -2.74. The van der Waals surface area contributed by atoms with Crippen LogP contribution in [0.4, 0.5) is 0 Å². The number of hydrogen-bond donors (Lipinski definition) is 2. The molecule has 1 heterocycles. The van der Waals surface area contributed by atoms with Gasteiger partial charge in [0, 0.05) is 13.2 Å². The predicted molar refractivity (Wildman–Crippen MR) is 112 cm³/mol. The molecule has 3 rings (SSSR count). The first-order valence-corrected chi connectivity index (χ1v) is 11.3. The van der Waals surface area contributed by atoms with Crippen LogP contribution in [0.5, 0.6) is 0 Å². The lowest BCUT2D eigenvalue weighted by Gasteiger charge is -2.54. The second-order valence-corrected chi connectivity index (χ2v) is 9.50. The molecule has 3 fully saturated rings. The molecule has 2 N–H and O–H groups in total. The molecule has 0 amide bonds. The number of carbonyl (C=O) groups excluding carboxylic acids is 1. The first-order chi connectivity index (χ1) is 13.7. The summed E-state index contributed by atoms with van der Waals surface area (Å²) in [5.74, 6) is -0.452. The van der Waals surface area contributed by atoms with Crippen molar-refractivity contribution in [3.8, 4) is 0 Å². The van der Waals surface area contributed by atoms with E-state index in [-0.39, 0.29) is 18.5 Å². The van der Waals surface area contributed by atoms with Crippen LogP contribution >= 0.6 is 11.6 Å². The van der Waals surface area contributed by atoms with Gasteiger partial charge in [-0.1, -0.05) is 18.1 Å². The van der Waals surface area contributed by atoms with Crippen molar-refractivity contribution in [1.82, 2.24) is 5.32 Å². The van der Waals surface area contributed by atoms with Crippen LogP contribution in [0.1, 0.15) is 65.7 Å². The van der Waals surface area contributed by atoms with Gasteiger partial charge in [0.25, 0.3) is 0 Å². The minimum atomic E-state index is -1.42. The summed E-state index contributed by atoms with van der Waals surface area (Å²) in [6.07, 6.45) is 7.34. The molecule has 2 saturated carbocycles. The molecule has 5 atom stereocenters. The molecule has 6 nitrogen and oxygen atoms in total. The second-order valence-electron chi connectivity index (χ2n) is 9.23. The number of ether oxygens (including phenoxy) is 3. The first-order valence-electron chi connectivity index (χ1n) is 10.8. The van der Waals surface area contributed by atoms with Crippen molar-refractivity contribution in [1.29, 1.82) is 0 Å². The highest BCUT2D eigenvalue weighted by Crippen LogP contribution is 2.59. The quantitative estimate of drug-likeness (QED) is 0.254. The molecule has 0 aromatic rings. The van der Waals surface area contributed by atoms with E-state index in [9.17, 15) is 9.90 Å². The Hall–Kier alpha value is -0.660. The van der Waals surface area contributed by atoms with Crippen LogP contribution in [0.15, 0.2) is 11.6 Å². The molecule has 5 unspecified atom stereocenters. The van der Waals surface area contributed by atoms with Crippen molar-refractivity contribution < 1.29 is 24.1 Å². The Labute approximate surface area is 179 Å². The highest BCUT2D eigenvalue weighted by atomic mass is 35.5. The van der Waals surface area contributed by atoms with E-state index < -0.39 is 28.9 Å². The molecule has 0 bridgehead atoms. The van der Waals surface area contributed by atoms with Crippen molar-refractivity contribution in [2.45, 2.75) is 101 Å². The van der Waals surface area contributed by atoms with Crippen molar-refractivity contribution >= 4 is 17.6 Å². The van der Waals surface area contributed by atoms with Gasteiger partial charge in [0.2, 0.25) is 0 Å². The van der Waals surface area contributed by atoms with E-state index in [2.05, 4.69) is 11.4 Å². The van der Waals surface area contributed by atoms with Gasteiger partial charge in [0.15, 0.2) is 5.60 Å². The number of carbonyl (C=O) groups is 1. The largest absolute Gasteiger partial charge is 0.449 e. The molecule has 0 aromatic carbocycles. The molecule has 0 spiro atoms. The van der Waals surface area contributed by atoms with Crippen LogP contribution in [0.2, 0.25) is 0 Å². The van der Waals surface area contributed by atoms with Crippen molar-refractivity contribution in [2.24, 2.45) is 0 Å². The minimum absolute atomic E-state index is 0.0511. The third kappa shape index (κ3) is 4.11. The smallest absolute Gasteiger partial charge is 0.320 e. The Morgan fingerprint density at radius 2 is 2.03 bits per heavy atom. The van der Waals surface area contributed by atoms with E-state index in [1.165, 1.54) is 12.0 Å². The Balaban J connectivity index is 1.89. The van der Waals surface area contributed by atoms with E-state index >= 15 is 0 Å². The molecule has 2 aliphatic carbocycles. The van der Waals surface area contributed by atoms with Gasteiger partial charge in [0.05, 0.1) is 18.5 Å². The van der Waals surface area contributed by atoms with Gasteiger partial charge in [-0.2, -0.15) is 0 Å². The zero-order chi connectivity index (χ0) is 21.3. The highest BCUT2D eigenvalue weighted by Gasteiger charge is 2.78. The number of halogens is 1. The molecular weight excluding hydrogens is 394 g/mol. The number of rotatable bonds is 9. The maximum atomic E-state index is 12.9. The van der Waals surface area contributed by atoms with Crippen LogP contribution in [-0.4, -0.2) is 65.7 Å². The zero-order valence-electron chi connectivity index (χ0n) is 18.1. The van der Waals surface area contributed by atoms with E-state index in [1.54, 1.807) is 7.11 Å². The lowest BCUT2D eigenvalue weighted by molar-refractivity contribution is -0.262. The van der Waals surface area contributed by atoms with Crippen molar-refractivity contribution in [2.75, 3.05) is 19.5 Å². The summed E-state index contributed by atoms with van der Waals surface area (Å²) >= 11 is 6.30. The Kier molecular flexibility index (Phi) is 7.01. The molecule has 3 aliphatic rings. The van der Waals surface area contributed by atoms with Gasteiger partial charge in [0.1, 0.15) is 17.3 Å². The van der Waals surface area contributed by atoms with Crippen molar-refractivity contribution in [3.63, 3.8) is 0 Å². The molecule has 0 aromatic heterocycles. The summed E-state index contributed by atoms with van der Waals surface area (Å²) in [5.41, 5.74) is -2.45. The van der Waals surface area contributed by atoms with Crippen LogP contribution in [0.3, 0.4) is 0 Å². The Bertz CT molecular complexity index is 635. The number of aliphatic hydroxyl groups is 1. The van der Waals surface area contributed by atoms with Gasteiger partial charge in [-0.15, -0.1) is 11.6 Å². The number of alkyl halides is 1. The molecule has 1 aliphatic heterocycles. The fraction of sp³-hybridized carbons (Fsp3) is 0.864. The molecule has 1 saturated heterocycles. The summed E-state index contributed by atoms with van der Waals surface area (Å²) in [6, 6.07) is 0.369. The van der Waals surface area contributed by atoms with Crippen LogP contribution in [-0.2, 0) is 19.0 Å². The first kappa shape index (κ1) is 23.0. The van der Waals surface area contributed by atoms with Gasteiger partial charge < -0.3 is 24.6 Å². The van der Waals surface area contributed by atoms with Gasteiger partial charge in [-0.05, 0) is 59.3 Å². The minimum Gasteiger partial charge on any atom is -0.449 e. The number of methoxy groups -OCH3 is 1. The van der Waals surface area contributed by atoms with E-state index in [4.69, 9.17) is 25.8 Å². The van der Waals surface area contributed by atoms with E-state index in [1.807, 2.05) is 20.8 Å². The average molecular weight is 430 g/mol. The van der Waals surface area contributed by atoms with E-state index in [0.717, 1.165) is 19.3 Å². The monoisotopic (exact) mass is 429 g/mol. The van der Waals surface area contributed by atoms with Gasteiger partial charge >= 0.3 is 5.97 Å². The maximum absolute atomic E-state index is 12.9. The summed E-state index contributed by atoms with van der Waals surface area (Å²) in [7, 11) is 1.59. The Morgan fingerprint density at radius 1 is 1.31 bits per heavy atom. The predicted octanol–water partition coefficient (Wildman–Crippen LogP) is 3.09. The molecular formula is C22H36ClNO5. The number of esters is 1. The number of allylic oxidation sites excluding steroid dienone is 1. The third-order valence-corrected chi connectivity index (χ3v) is 7.49. The van der Waals surface area contributed by atoms with Crippen LogP contribution in [0, 0.1) is 0 Å². The van der Waals surface area contributed by atoms with Crippen LogP contribution < -0.4 is 5.32 Å². The van der Waals surface area contributed by atoms with Crippen LogP contribution in [0.25, 0.3) is 0 Å². The highest BCUT2D eigenvalue weighted by molar-refractivity contribution is 6.18. The summed E-state index contributed by atoms with van der Waals surface area (Å²) < 4.78 is 18.1. The summed E-state index contributed by atoms with van der Waals surface area (Å²) in [6.45, 7) is 6.10. The SMILES string of the molecule is COC1CCCC(O)(CCl)C1(OC(=O)CNC1CCC1)C1(C)OC1CC=C(C)C. The molecule has 166 valence electrons. The lowest BCUT2D eigenvalue weighted by atomic mass is 9.63. The molecule has 0 radical (unpaired) electrons. The second kappa shape index (κ2) is 8.83. The third-order valence-electron chi connectivity index (χ3n) is 7.04. The maximum Gasteiger partial charge on any atom is 0.320 e. The number of epoxide rings is 1. The van der Waals surface area contributed by atoms with Gasteiger partial charge in [-0.25, -0.2) is 0 Å². The summed E-state index contributed by atoms with van der Waals surface area (Å²) in [5, 5.41) is 14.9. The Morgan fingerprint density at radius 3 is 2.59 bits per heavy atom. The van der Waals surface area contributed by atoms with Crippen molar-refractivity contribution in [3.05, 3.63) is 11.6 Å². The van der Waals surface area contributed by atoms with Gasteiger partial charge in [-0.3, -0.25) is 4.79 Å². The normalized spacial score (nSPS) is 39.5. The standard InChI is InChI=1S/C22H36ClNO5/c1-15(2)10-11-17-20(3,28-17)22(29-19(25)13-24-16-7-5-8-16)18(27-4)9-6-12-21(22,26)14-23/h10,16-18,24,26H,5-9,11-14H2,1-4H3.